The Balaban J connectivity index is 1.00. The highest BCUT2D eigenvalue weighted by Gasteiger charge is 2.17. The predicted molar refractivity (Wildman–Crippen MR) is 245 cm³/mol. The summed E-state index contributed by atoms with van der Waals surface area (Å²) in [7, 11) is 0. The summed E-state index contributed by atoms with van der Waals surface area (Å²) in [5, 5.41) is 1.30. The lowest BCUT2D eigenvalue weighted by Crippen LogP contribution is -2.09. The van der Waals surface area contributed by atoms with Crippen molar-refractivity contribution < 1.29 is 0 Å². The van der Waals surface area contributed by atoms with Crippen molar-refractivity contribution >= 4 is 50.6 Å². The lowest BCUT2D eigenvalue weighted by molar-refractivity contribution is 1.19. The fourth-order valence-corrected chi connectivity index (χ4v) is 9.37. The number of fused-ring (bicyclic) bond motifs is 3. The number of anilines is 3. The molecule has 0 atom stereocenters. The van der Waals surface area contributed by atoms with Crippen LogP contribution < -0.4 is 4.90 Å². The molecule has 0 spiro atoms. The van der Waals surface area contributed by atoms with Crippen molar-refractivity contribution in [3.8, 4) is 44.5 Å². The maximum Gasteiger partial charge on any atom is 0.0462 e. The Morgan fingerprint density at radius 3 is 1.72 bits per heavy atom. The highest BCUT2D eigenvalue weighted by atomic mass is 32.1. The number of aryl methyl sites for hydroxylation is 1. The molecule has 0 aliphatic heterocycles. The van der Waals surface area contributed by atoms with E-state index >= 15 is 0 Å². The van der Waals surface area contributed by atoms with E-state index in [0.717, 1.165) is 23.5 Å². The van der Waals surface area contributed by atoms with Gasteiger partial charge in [0.25, 0.3) is 0 Å². The van der Waals surface area contributed by atoms with Crippen LogP contribution in [0.2, 0.25) is 0 Å². The smallest absolute Gasteiger partial charge is 0.0462 e. The van der Waals surface area contributed by atoms with E-state index in [2.05, 4.69) is 224 Å². The van der Waals surface area contributed by atoms with E-state index in [0.29, 0.717) is 0 Å². The largest absolute Gasteiger partial charge is 0.311 e. The number of hydrogen-bond donors (Lipinski definition) is 0. The highest BCUT2D eigenvalue weighted by molar-refractivity contribution is 7.20. The van der Waals surface area contributed by atoms with Crippen LogP contribution >= 0.6 is 11.3 Å². The second-order valence-corrected chi connectivity index (χ2v) is 15.8. The van der Waals surface area contributed by atoms with E-state index in [1.165, 1.54) is 81.7 Å². The molecule has 1 aliphatic rings. The third-order valence-corrected chi connectivity index (χ3v) is 12.3. The van der Waals surface area contributed by atoms with E-state index in [1.807, 2.05) is 11.3 Å². The Morgan fingerprint density at radius 1 is 0.456 bits per heavy atom. The lowest BCUT2D eigenvalue weighted by atomic mass is 9.90. The van der Waals surface area contributed by atoms with Crippen molar-refractivity contribution in [1.82, 2.24) is 0 Å². The van der Waals surface area contributed by atoms with E-state index in [-0.39, 0.29) is 0 Å². The first-order valence-corrected chi connectivity index (χ1v) is 20.4. The molecule has 0 N–H and O–H groups in total. The van der Waals surface area contributed by atoms with Crippen molar-refractivity contribution in [1.29, 1.82) is 0 Å². The third-order valence-electron chi connectivity index (χ3n) is 11.1. The fourth-order valence-electron chi connectivity index (χ4n) is 8.16. The number of thiophene rings is 1. The van der Waals surface area contributed by atoms with Crippen LogP contribution in [0, 0.1) is 6.92 Å². The SMILES string of the molecule is Cc1ccc(-c2ccc(N(c3ccc(-c4ccccc4)cc3)c3ccc(-c4cccc5c6c(sc45)C=C=C6)cc3)cc2)cc1-c1ccccc1Cc1ccccc1. The van der Waals surface area contributed by atoms with Crippen molar-refractivity contribution in [3.05, 3.63) is 227 Å². The molecule has 270 valence electrons. The van der Waals surface area contributed by atoms with Crippen LogP contribution in [0.25, 0.3) is 66.7 Å². The van der Waals surface area contributed by atoms with Gasteiger partial charge in [0.1, 0.15) is 0 Å². The van der Waals surface area contributed by atoms with Gasteiger partial charge in [-0.25, -0.2) is 0 Å². The first-order valence-electron chi connectivity index (χ1n) is 19.5. The van der Waals surface area contributed by atoms with Gasteiger partial charge in [0.2, 0.25) is 0 Å². The van der Waals surface area contributed by atoms with Gasteiger partial charge in [0, 0.05) is 37.6 Å². The summed E-state index contributed by atoms with van der Waals surface area (Å²) < 4.78 is 1.33. The highest BCUT2D eigenvalue weighted by Crippen LogP contribution is 2.43. The Bertz CT molecular complexity index is 2930. The van der Waals surface area contributed by atoms with Gasteiger partial charge in [-0.1, -0.05) is 152 Å². The Hall–Kier alpha value is -6.96. The molecule has 0 saturated heterocycles. The number of hydrogen-bond acceptors (Lipinski definition) is 2. The van der Waals surface area contributed by atoms with Gasteiger partial charge in [-0.3, -0.25) is 0 Å². The molecule has 0 amide bonds. The molecule has 2 heteroatoms. The number of rotatable bonds is 9. The summed E-state index contributed by atoms with van der Waals surface area (Å²) in [4.78, 5) is 3.65. The summed E-state index contributed by atoms with van der Waals surface area (Å²) in [6.07, 6.45) is 5.11. The maximum absolute atomic E-state index is 3.27. The monoisotopic (exact) mass is 745 g/mol. The minimum absolute atomic E-state index is 0.902. The molecular weight excluding hydrogens is 707 g/mol. The molecule has 1 aromatic heterocycles. The molecule has 0 unspecified atom stereocenters. The van der Waals surface area contributed by atoms with E-state index in [1.54, 1.807) is 0 Å². The average Bonchev–Trinajstić information content (AvgIpc) is 3.88. The zero-order chi connectivity index (χ0) is 38.1. The molecule has 1 nitrogen and oxygen atoms in total. The maximum atomic E-state index is 3.27. The van der Waals surface area contributed by atoms with Gasteiger partial charge in [-0.15, -0.1) is 17.1 Å². The molecule has 0 radical (unpaired) electrons. The van der Waals surface area contributed by atoms with Crippen LogP contribution in [-0.2, 0) is 6.42 Å². The predicted octanol–water partition coefficient (Wildman–Crippen LogP) is 15.6. The molecule has 0 saturated carbocycles. The minimum Gasteiger partial charge on any atom is -0.311 e. The number of nitrogens with zero attached hydrogens (tertiary/aromatic N) is 1. The fraction of sp³-hybridized carbons (Fsp3) is 0.0364. The van der Waals surface area contributed by atoms with E-state index < -0.39 is 0 Å². The second-order valence-electron chi connectivity index (χ2n) is 14.7. The molecule has 0 bridgehead atoms. The van der Waals surface area contributed by atoms with Gasteiger partial charge in [0.05, 0.1) is 0 Å². The number of benzene rings is 8. The third kappa shape index (κ3) is 6.72. The Morgan fingerprint density at radius 2 is 1.02 bits per heavy atom. The first-order chi connectivity index (χ1) is 28.2. The normalized spacial score (nSPS) is 11.6. The molecule has 9 aromatic rings. The van der Waals surface area contributed by atoms with Crippen molar-refractivity contribution in [3.63, 3.8) is 0 Å². The Labute approximate surface area is 338 Å². The van der Waals surface area contributed by atoms with Gasteiger partial charge in [0.15, 0.2) is 0 Å². The molecule has 0 fully saturated rings. The van der Waals surface area contributed by atoms with Gasteiger partial charge >= 0.3 is 0 Å². The zero-order valence-corrected chi connectivity index (χ0v) is 32.5. The molecule has 1 aliphatic carbocycles. The summed E-state index contributed by atoms with van der Waals surface area (Å²) in [5.74, 6) is 0. The standard InChI is InChI=1S/C55H39NS/c1-38-22-23-44(37-53(38)49-17-9-8-16-45(49)36-39-12-4-2-5-13-39)42-26-32-47(33-27-42)56(46-30-24-41(25-31-46)40-14-6-3-7-15-40)48-34-28-43(29-35-48)50-18-10-20-52-51-19-11-21-54(51)57-55(50)52/h2-10,12-35,37H,36H2,1H3. The van der Waals surface area contributed by atoms with Crippen molar-refractivity contribution in [2.24, 2.45) is 0 Å². The van der Waals surface area contributed by atoms with Crippen LogP contribution in [0.1, 0.15) is 27.1 Å². The molecule has 1 heterocycles. The van der Waals surface area contributed by atoms with E-state index in [4.69, 9.17) is 0 Å². The van der Waals surface area contributed by atoms with Crippen LogP contribution in [-0.4, -0.2) is 0 Å². The first kappa shape index (κ1) is 34.5. The average molecular weight is 746 g/mol. The van der Waals surface area contributed by atoms with Gasteiger partial charge in [-0.2, -0.15) is 0 Å². The molecule has 57 heavy (non-hydrogen) atoms. The summed E-state index contributed by atoms with van der Waals surface area (Å²) in [6.45, 7) is 2.22. The summed E-state index contributed by atoms with van der Waals surface area (Å²) in [6, 6.07) is 70.7. The zero-order valence-electron chi connectivity index (χ0n) is 31.7. The summed E-state index contributed by atoms with van der Waals surface area (Å²) in [5.41, 5.74) is 21.7. The molecular formula is C55H39NS. The molecule has 10 rings (SSSR count). The Kier molecular flexibility index (Phi) is 9.05. The van der Waals surface area contributed by atoms with E-state index in [9.17, 15) is 0 Å². The lowest BCUT2D eigenvalue weighted by Gasteiger charge is -2.26. The van der Waals surface area contributed by atoms with Crippen LogP contribution in [0.5, 0.6) is 0 Å². The second kappa shape index (κ2) is 14.9. The van der Waals surface area contributed by atoms with Crippen LogP contribution in [0.15, 0.2) is 200 Å². The van der Waals surface area contributed by atoms with Crippen molar-refractivity contribution in [2.75, 3.05) is 4.90 Å². The van der Waals surface area contributed by atoms with Crippen molar-refractivity contribution in [2.45, 2.75) is 13.3 Å². The topological polar surface area (TPSA) is 3.24 Å². The van der Waals surface area contributed by atoms with Gasteiger partial charge in [-0.05, 0) is 129 Å². The quantitative estimate of drug-likeness (QED) is 0.133. The van der Waals surface area contributed by atoms with Crippen LogP contribution in [0.4, 0.5) is 17.1 Å². The van der Waals surface area contributed by atoms with Crippen LogP contribution in [0.3, 0.4) is 0 Å². The summed E-state index contributed by atoms with van der Waals surface area (Å²) >= 11 is 1.85. The van der Waals surface area contributed by atoms with Gasteiger partial charge < -0.3 is 4.90 Å². The minimum atomic E-state index is 0.902. The molecule has 8 aromatic carbocycles.